The van der Waals surface area contributed by atoms with Crippen LogP contribution in [0.15, 0.2) is 12.1 Å². The van der Waals surface area contributed by atoms with Gasteiger partial charge >= 0.3 is 0 Å². The van der Waals surface area contributed by atoms with Crippen LogP contribution in [-0.2, 0) is 5.33 Å². The minimum Gasteiger partial charge on any atom is -0.366 e. The highest BCUT2D eigenvalue weighted by molar-refractivity contribution is 9.08. The number of rotatable bonds is 6. The van der Waals surface area contributed by atoms with Crippen molar-refractivity contribution in [2.24, 2.45) is 0 Å². The van der Waals surface area contributed by atoms with Crippen LogP contribution in [0.5, 0.6) is 0 Å². The second-order valence-corrected chi connectivity index (χ2v) is 5.64. The summed E-state index contributed by atoms with van der Waals surface area (Å²) in [4.78, 5) is 1.71. The highest BCUT2D eigenvalue weighted by atomic mass is 79.9. The fraction of sp³-hybridized carbons (Fsp3) is 0.538. The van der Waals surface area contributed by atoms with Gasteiger partial charge in [-0.2, -0.15) is 11.8 Å². The van der Waals surface area contributed by atoms with Crippen LogP contribution in [0, 0.1) is 11.6 Å². The first-order chi connectivity index (χ1) is 8.54. The van der Waals surface area contributed by atoms with Gasteiger partial charge in [0.1, 0.15) is 17.3 Å². The van der Waals surface area contributed by atoms with E-state index in [0.717, 1.165) is 12.2 Å². The molecule has 0 amide bonds. The van der Waals surface area contributed by atoms with Gasteiger partial charge in [-0.1, -0.05) is 22.9 Å². The van der Waals surface area contributed by atoms with Crippen molar-refractivity contribution in [2.45, 2.75) is 24.7 Å². The Morgan fingerprint density at radius 1 is 1.33 bits per heavy atom. The summed E-state index contributed by atoms with van der Waals surface area (Å²) < 4.78 is 28.0. The molecule has 0 heterocycles. The van der Waals surface area contributed by atoms with E-state index in [1.54, 1.807) is 23.7 Å². The van der Waals surface area contributed by atoms with E-state index in [2.05, 4.69) is 15.9 Å². The summed E-state index contributed by atoms with van der Waals surface area (Å²) in [6.07, 6.45) is 2.85. The highest BCUT2D eigenvalue weighted by Crippen LogP contribution is 2.27. The summed E-state index contributed by atoms with van der Waals surface area (Å²) in [6, 6.07) is 2.91. The molecule has 1 atom stereocenters. The monoisotopic (exact) mass is 337 g/mol. The molecule has 1 nitrogen and oxygen atoms in total. The molecule has 0 saturated heterocycles. The third-order valence-electron chi connectivity index (χ3n) is 2.96. The van der Waals surface area contributed by atoms with Gasteiger partial charge in [0.25, 0.3) is 0 Å². The van der Waals surface area contributed by atoms with E-state index >= 15 is 0 Å². The lowest BCUT2D eigenvalue weighted by atomic mass is 10.1. The van der Waals surface area contributed by atoms with Gasteiger partial charge in [-0.3, -0.25) is 0 Å². The molecule has 0 radical (unpaired) electrons. The number of halogens is 3. The Kier molecular flexibility index (Phi) is 6.43. The average Bonchev–Trinajstić information content (AvgIpc) is 2.34. The Hall–Kier alpha value is -0.290. The Labute approximate surface area is 120 Å². The molecule has 5 heteroatoms. The second-order valence-electron chi connectivity index (χ2n) is 4.17. The highest BCUT2D eigenvalue weighted by Gasteiger charge is 2.20. The zero-order chi connectivity index (χ0) is 13.7. The lowest BCUT2D eigenvalue weighted by molar-refractivity contribution is 0.557. The maximum absolute atomic E-state index is 14.0. The SMILES string of the molecule is CCC(CSC)N(C)c1c(F)cc(CBr)cc1F. The Morgan fingerprint density at radius 3 is 2.28 bits per heavy atom. The van der Waals surface area contributed by atoms with Crippen molar-refractivity contribution in [1.82, 2.24) is 0 Å². The van der Waals surface area contributed by atoms with Crippen molar-refractivity contribution >= 4 is 33.4 Å². The summed E-state index contributed by atoms with van der Waals surface area (Å²) in [5, 5.41) is 0.451. The molecule has 18 heavy (non-hydrogen) atoms. The molecule has 0 spiro atoms. The largest absolute Gasteiger partial charge is 0.366 e. The van der Waals surface area contributed by atoms with E-state index in [1.807, 2.05) is 13.2 Å². The lowest BCUT2D eigenvalue weighted by Gasteiger charge is -2.29. The zero-order valence-corrected chi connectivity index (χ0v) is 13.2. The molecule has 0 fully saturated rings. The molecule has 102 valence electrons. The fourth-order valence-electron chi connectivity index (χ4n) is 1.91. The Morgan fingerprint density at radius 2 is 1.89 bits per heavy atom. The van der Waals surface area contributed by atoms with Crippen molar-refractivity contribution in [3.05, 3.63) is 29.3 Å². The molecule has 1 rings (SSSR count). The van der Waals surface area contributed by atoms with Crippen molar-refractivity contribution in [3.63, 3.8) is 0 Å². The van der Waals surface area contributed by atoms with Crippen LogP contribution < -0.4 is 4.90 Å². The number of thioether (sulfide) groups is 1. The average molecular weight is 338 g/mol. The number of alkyl halides is 1. The summed E-state index contributed by atoms with van der Waals surface area (Å²) in [5.41, 5.74) is 0.681. The predicted molar refractivity (Wildman–Crippen MR) is 79.9 cm³/mol. The summed E-state index contributed by atoms with van der Waals surface area (Å²) in [5.74, 6) is -0.135. The topological polar surface area (TPSA) is 3.24 Å². The van der Waals surface area contributed by atoms with Crippen LogP contribution in [0.2, 0.25) is 0 Å². The van der Waals surface area contributed by atoms with Crippen LogP contribution in [-0.4, -0.2) is 25.1 Å². The Bertz CT molecular complexity index is 378. The molecule has 0 aliphatic rings. The molecule has 1 unspecified atom stereocenters. The molecule has 0 N–H and O–H groups in total. The van der Waals surface area contributed by atoms with E-state index in [-0.39, 0.29) is 11.7 Å². The molecule has 0 bridgehead atoms. The predicted octanol–water partition coefficient (Wildman–Crippen LogP) is 4.44. The molecule has 0 saturated carbocycles. The van der Waals surface area contributed by atoms with Crippen molar-refractivity contribution < 1.29 is 8.78 Å². The number of anilines is 1. The van der Waals surface area contributed by atoms with Crippen molar-refractivity contribution in [2.75, 3.05) is 24.0 Å². The smallest absolute Gasteiger partial charge is 0.149 e. The molecule has 0 aliphatic carbocycles. The van der Waals surface area contributed by atoms with Crippen LogP contribution in [0.25, 0.3) is 0 Å². The molecule has 1 aromatic rings. The number of hydrogen-bond acceptors (Lipinski definition) is 2. The van der Waals surface area contributed by atoms with Gasteiger partial charge in [-0.15, -0.1) is 0 Å². The molecule has 0 aliphatic heterocycles. The summed E-state index contributed by atoms with van der Waals surface area (Å²) in [7, 11) is 1.75. The number of hydrogen-bond donors (Lipinski definition) is 0. The molecular weight excluding hydrogens is 320 g/mol. The standard InChI is InChI=1S/C13H18BrF2NS/c1-4-10(8-18-3)17(2)13-11(15)5-9(7-14)6-12(13)16/h5-6,10H,4,7-8H2,1-3H3. The Balaban J connectivity index is 3.08. The zero-order valence-electron chi connectivity index (χ0n) is 10.8. The van der Waals surface area contributed by atoms with E-state index in [9.17, 15) is 8.78 Å². The normalized spacial score (nSPS) is 12.6. The molecular formula is C13H18BrF2NS. The first-order valence-corrected chi connectivity index (χ1v) is 8.32. The van der Waals surface area contributed by atoms with Gasteiger partial charge < -0.3 is 4.90 Å². The molecule has 0 aromatic heterocycles. The van der Waals surface area contributed by atoms with Gasteiger partial charge in [0.15, 0.2) is 0 Å². The molecule has 1 aromatic carbocycles. The van der Waals surface area contributed by atoms with E-state index < -0.39 is 11.6 Å². The summed E-state index contributed by atoms with van der Waals surface area (Å²) >= 11 is 4.89. The third-order valence-corrected chi connectivity index (χ3v) is 4.33. The van der Waals surface area contributed by atoms with Crippen LogP contribution in [0.3, 0.4) is 0 Å². The van der Waals surface area contributed by atoms with Gasteiger partial charge in [-0.25, -0.2) is 8.78 Å². The van der Waals surface area contributed by atoms with E-state index in [0.29, 0.717) is 10.9 Å². The van der Waals surface area contributed by atoms with Crippen molar-refractivity contribution in [1.29, 1.82) is 0 Å². The quantitative estimate of drug-likeness (QED) is 0.706. The minimum atomic E-state index is -0.494. The van der Waals surface area contributed by atoms with Crippen LogP contribution in [0.1, 0.15) is 18.9 Å². The van der Waals surface area contributed by atoms with E-state index in [1.165, 1.54) is 12.1 Å². The van der Waals surface area contributed by atoms with Crippen LogP contribution in [0.4, 0.5) is 14.5 Å². The van der Waals surface area contributed by atoms with E-state index in [4.69, 9.17) is 0 Å². The van der Waals surface area contributed by atoms with Gasteiger partial charge in [0.05, 0.1) is 0 Å². The first kappa shape index (κ1) is 15.8. The second kappa shape index (κ2) is 7.34. The fourth-order valence-corrected chi connectivity index (χ4v) is 3.08. The van der Waals surface area contributed by atoms with Crippen molar-refractivity contribution in [3.8, 4) is 0 Å². The minimum absolute atomic E-state index is 0.0700. The van der Waals surface area contributed by atoms with Gasteiger partial charge in [0.2, 0.25) is 0 Å². The maximum atomic E-state index is 14.0. The maximum Gasteiger partial charge on any atom is 0.149 e. The number of benzene rings is 1. The summed E-state index contributed by atoms with van der Waals surface area (Å²) in [6.45, 7) is 2.03. The lowest BCUT2D eigenvalue weighted by Crippen LogP contribution is -2.34. The third kappa shape index (κ3) is 3.60. The van der Waals surface area contributed by atoms with Gasteiger partial charge in [0, 0.05) is 24.2 Å². The van der Waals surface area contributed by atoms with Crippen LogP contribution >= 0.6 is 27.7 Å². The number of nitrogens with zero attached hydrogens (tertiary/aromatic N) is 1. The van der Waals surface area contributed by atoms with Gasteiger partial charge in [-0.05, 0) is 30.4 Å². The first-order valence-electron chi connectivity index (χ1n) is 5.80.